The molecule has 1 saturated carbocycles. The molecular formula is C21H23N3O3. The molecule has 27 heavy (non-hydrogen) atoms. The number of methoxy groups -OCH3 is 1. The maximum absolute atomic E-state index is 12.9. The lowest BCUT2D eigenvalue weighted by Gasteiger charge is -2.20. The number of hydrogen-bond donors (Lipinski definition) is 2. The minimum atomic E-state index is -0.123. The fourth-order valence-corrected chi connectivity index (χ4v) is 3.47. The Morgan fingerprint density at radius 3 is 2.63 bits per heavy atom. The Kier molecular flexibility index (Phi) is 4.71. The predicted molar refractivity (Wildman–Crippen MR) is 103 cm³/mol. The highest BCUT2D eigenvalue weighted by molar-refractivity contribution is 5.98. The molecule has 6 heteroatoms. The Bertz CT molecular complexity index is 846. The largest absolute Gasteiger partial charge is 0.497 e. The topological polar surface area (TPSA) is 70.7 Å². The summed E-state index contributed by atoms with van der Waals surface area (Å²) in [5.41, 5.74) is 2.39. The van der Waals surface area contributed by atoms with Crippen LogP contribution in [0, 0.1) is 5.92 Å². The summed E-state index contributed by atoms with van der Waals surface area (Å²) in [5, 5.41) is 5.96. The van der Waals surface area contributed by atoms with Gasteiger partial charge in [-0.3, -0.25) is 9.69 Å². The first-order chi connectivity index (χ1) is 13.2. The van der Waals surface area contributed by atoms with E-state index in [4.69, 9.17) is 4.74 Å². The lowest BCUT2D eigenvalue weighted by molar-refractivity contribution is 0.0931. The summed E-state index contributed by atoms with van der Waals surface area (Å²) in [6.07, 6.45) is 2.23. The lowest BCUT2D eigenvalue weighted by Crippen LogP contribution is -2.31. The van der Waals surface area contributed by atoms with Gasteiger partial charge >= 0.3 is 6.03 Å². The summed E-state index contributed by atoms with van der Waals surface area (Å²) in [7, 11) is 1.64. The van der Waals surface area contributed by atoms with Crippen molar-refractivity contribution in [1.82, 2.24) is 10.6 Å². The third-order valence-electron chi connectivity index (χ3n) is 5.13. The second kappa shape index (κ2) is 7.31. The summed E-state index contributed by atoms with van der Waals surface area (Å²) in [6.45, 7) is 1.23. The Labute approximate surface area is 158 Å². The van der Waals surface area contributed by atoms with Crippen molar-refractivity contribution in [1.29, 1.82) is 0 Å². The molecule has 6 nitrogen and oxygen atoms in total. The molecule has 2 aliphatic rings. The van der Waals surface area contributed by atoms with Gasteiger partial charge in [0.15, 0.2) is 0 Å². The summed E-state index contributed by atoms with van der Waals surface area (Å²) in [6, 6.07) is 14.9. The van der Waals surface area contributed by atoms with Gasteiger partial charge < -0.3 is 15.4 Å². The van der Waals surface area contributed by atoms with Crippen LogP contribution in [0.4, 0.5) is 10.5 Å². The number of ether oxygens (including phenoxy) is 1. The Morgan fingerprint density at radius 2 is 2.00 bits per heavy atom. The van der Waals surface area contributed by atoms with Crippen LogP contribution in [0.5, 0.6) is 5.75 Å². The van der Waals surface area contributed by atoms with Crippen LogP contribution in [-0.4, -0.2) is 32.1 Å². The SMILES string of the molecule is COc1ccc([C@@H](NC(=O)c2cccc(N3CCNC3=O)c2)C2CC2)cc1. The van der Waals surface area contributed by atoms with E-state index in [9.17, 15) is 9.59 Å². The average molecular weight is 365 g/mol. The van der Waals surface area contributed by atoms with Crippen molar-refractivity contribution < 1.29 is 14.3 Å². The normalized spacial score (nSPS) is 17.4. The first-order valence-corrected chi connectivity index (χ1v) is 9.26. The summed E-state index contributed by atoms with van der Waals surface area (Å²) in [4.78, 5) is 26.4. The number of carbonyl (C=O) groups excluding carboxylic acids is 2. The number of anilines is 1. The molecule has 1 heterocycles. The van der Waals surface area contributed by atoms with Crippen LogP contribution < -0.4 is 20.3 Å². The molecule has 0 radical (unpaired) electrons. The molecule has 4 rings (SSSR count). The van der Waals surface area contributed by atoms with E-state index in [0.29, 0.717) is 24.6 Å². The third-order valence-corrected chi connectivity index (χ3v) is 5.13. The van der Waals surface area contributed by atoms with Gasteiger partial charge in [-0.2, -0.15) is 0 Å². The summed E-state index contributed by atoms with van der Waals surface area (Å²) in [5.74, 6) is 1.15. The molecular weight excluding hydrogens is 342 g/mol. The van der Waals surface area contributed by atoms with Crippen LogP contribution >= 0.6 is 0 Å². The molecule has 0 spiro atoms. The van der Waals surface area contributed by atoms with Gasteiger partial charge in [0.1, 0.15) is 5.75 Å². The zero-order valence-corrected chi connectivity index (χ0v) is 15.3. The molecule has 0 bridgehead atoms. The number of benzene rings is 2. The van der Waals surface area contributed by atoms with Crippen LogP contribution in [0.15, 0.2) is 48.5 Å². The van der Waals surface area contributed by atoms with Crippen LogP contribution in [0.2, 0.25) is 0 Å². The Balaban J connectivity index is 1.52. The number of rotatable bonds is 6. The lowest BCUT2D eigenvalue weighted by atomic mass is 10.0. The molecule has 2 aromatic rings. The van der Waals surface area contributed by atoms with E-state index < -0.39 is 0 Å². The minimum absolute atomic E-state index is 0.0119. The first-order valence-electron chi connectivity index (χ1n) is 9.26. The van der Waals surface area contributed by atoms with Crippen molar-refractivity contribution in [3.63, 3.8) is 0 Å². The van der Waals surface area contributed by atoms with E-state index in [-0.39, 0.29) is 18.0 Å². The second-order valence-electron chi connectivity index (χ2n) is 7.00. The Hall–Kier alpha value is -3.02. The molecule has 2 aromatic carbocycles. The van der Waals surface area contributed by atoms with Gasteiger partial charge in [0.25, 0.3) is 5.91 Å². The van der Waals surface area contributed by atoms with E-state index in [1.165, 1.54) is 0 Å². The molecule has 1 aliphatic heterocycles. The van der Waals surface area contributed by atoms with Gasteiger partial charge in [-0.1, -0.05) is 18.2 Å². The molecule has 1 atom stereocenters. The van der Waals surface area contributed by atoms with Gasteiger partial charge in [-0.25, -0.2) is 4.79 Å². The van der Waals surface area contributed by atoms with Crippen molar-refractivity contribution in [3.05, 3.63) is 59.7 Å². The standard InChI is InChI=1S/C21H23N3O3/c1-27-18-9-7-15(8-10-18)19(14-5-6-14)23-20(25)16-3-2-4-17(13-16)24-12-11-22-21(24)26/h2-4,7-10,13-14,19H,5-6,11-12H2,1H3,(H,22,26)(H,23,25)/t19-/m0/s1. The number of amides is 3. The van der Waals surface area contributed by atoms with Crippen molar-refractivity contribution in [2.45, 2.75) is 18.9 Å². The van der Waals surface area contributed by atoms with Crippen molar-refractivity contribution >= 4 is 17.6 Å². The maximum Gasteiger partial charge on any atom is 0.321 e. The second-order valence-corrected chi connectivity index (χ2v) is 7.00. The van der Waals surface area contributed by atoms with Crippen LogP contribution in [0.3, 0.4) is 0 Å². The molecule has 3 amide bonds. The highest BCUT2D eigenvalue weighted by Crippen LogP contribution is 2.41. The third kappa shape index (κ3) is 3.74. The molecule has 140 valence electrons. The van der Waals surface area contributed by atoms with Gasteiger partial charge in [-0.05, 0) is 54.7 Å². The number of nitrogens with zero attached hydrogens (tertiary/aromatic N) is 1. The Morgan fingerprint density at radius 1 is 1.22 bits per heavy atom. The maximum atomic E-state index is 12.9. The smallest absolute Gasteiger partial charge is 0.321 e. The van der Waals surface area contributed by atoms with E-state index >= 15 is 0 Å². The fraction of sp³-hybridized carbons (Fsp3) is 0.333. The molecule has 0 unspecified atom stereocenters. The zero-order chi connectivity index (χ0) is 18.8. The van der Waals surface area contributed by atoms with Crippen LogP contribution in [0.25, 0.3) is 0 Å². The molecule has 0 aromatic heterocycles. The monoisotopic (exact) mass is 365 g/mol. The molecule has 2 fully saturated rings. The minimum Gasteiger partial charge on any atom is -0.497 e. The number of urea groups is 1. The predicted octanol–water partition coefficient (Wildman–Crippen LogP) is 3.11. The summed E-state index contributed by atoms with van der Waals surface area (Å²) < 4.78 is 5.22. The molecule has 1 aliphatic carbocycles. The van der Waals surface area contributed by atoms with Gasteiger partial charge in [-0.15, -0.1) is 0 Å². The number of carbonyl (C=O) groups is 2. The number of nitrogens with one attached hydrogen (secondary N) is 2. The molecule has 1 saturated heterocycles. The van der Waals surface area contributed by atoms with Crippen LogP contribution in [0.1, 0.15) is 34.8 Å². The average Bonchev–Trinajstić information content (AvgIpc) is 3.46. The van der Waals surface area contributed by atoms with E-state index in [1.807, 2.05) is 36.4 Å². The van der Waals surface area contributed by atoms with E-state index in [0.717, 1.165) is 29.8 Å². The van der Waals surface area contributed by atoms with Crippen LogP contribution in [-0.2, 0) is 0 Å². The van der Waals surface area contributed by atoms with Gasteiger partial charge in [0.2, 0.25) is 0 Å². The van der Waals surface area contributed by atoms with Crippen molar-refractivity contribution in [2.75, 3.05) is 25.1 Å². The van der Waals surface area contributed by atoms with Crippen molar-refractivity contribution in [3.8, 4) is 5.75 Å². The van der Waals surface area contributed by atoms with Gasteiger partial charge in [0.05, 0.1) is 13.2 Å². The first kappa shape index (κ1) is 17.4. The highest BCUT2D eigenvalue weighted by atomic mass is 16.5. The highest BCUT2D eigenvalue weighted by Gasteiger charge is 2.33. The number of hydrogen-bond acceptors (Lipinski definition) is 3. The van der Waals surface area contributed by atoms with Crippen molar-refractivity contribution in [2.24, 2.45) is 5.92 Å². The fourth-order valence-electron chi connectivity index (χ4n) is 3.47. The van der Waals surface area contributed by atoms with Gasteiger partial charge in [0, 0.05) is 24.3 Å². The summed E-state index contributed by atoms with van der Waals surface area (Å²) >= 11 is 0. The quantitative estimate of drug-likeness (QED) is 0.826. The molecule has 2 N–H and O–H groups in total. The van der Waals surface area contributed by atoms with E-state index in [1.54, 1.807) is 24.1 Å². The zero-order valence-electron chi connectivity index (χ0n) is 15.3. The van der Waals surface area contributed by atoms with E-state index in [2.05, 4.69) is 10.6 Å².